The smallest absolute Gasteiger partial charge is 0.0906 e. The van der Waals surface area contributed by atoms with E-state index < -0.39 is 0 Å². The summed E-state index contributed by atoms with van der Waals surface area (Å²) in [5.41, 5.74) is 5.40. The molecule has 0 aromatic carbocycles. The standard InChI is InChI=1S/C8H19FN2/c1-8(2)11(7-5-10)6-3-4-9/h8H,3-7,10H2,1-2H3. The van der Waals surface area contributed by atoms with E-state index in [1.165, 1.54) is 0 Å². The highest BCUT2D eigenvalue weighted by atomic mass is 19.1. The topological polar surface area (TPSA) is 29.3 Å². The molecule has 0 radical (unpaired) electrons. The molecule has 0 spiro atoms. The van der Waals surface area contributed by atoms with Crippen LogP contribution >= 0.6 is 0 Å². The van der Waals surface area contributed by atoms with Crippen LogP contribution in [0.25, 0.3) is 0 Å². The summed E-state index contributed by atoms with van der Waals surface area (Å²) >= 11 is 0. The van der Waals surface area contributed by atoms with Crippen molar-refractivity contribution in [2.45, 2.75) is 26.3 Å². The van der Waals surface area contributed by atoms with Crippen molar-refractivity contribution in [1.29, 1.82) is 0 Å². The minimum Gasteiger partial charge on any atom is -0.329 e. The predicted octanol–water partition coefficient (Wildman–Crippen LogP) is 1.02. The van der Waals surface area contributed by atoms with Gasteiger partial charge < -0.3 is 5.73 Å². The fourth-order valence-corrected chi connectivity index (χ4v) is 1.06. The van der Waals surface area contributed by atoms with E-state index in [1.54, 1.807) is 0 Å². The van der Waals surface area contributed by atoms with Crippen molar-refractivity contribution < 1.29 is 4.39 Å². The Morgan fingerprint density at radius 3 is 2.36 bits per heavy atom. The third-order valence-electron chi connectivity index (χ3n) is 1.73. The first-order valence-electron chi connectivity index (χ1n) is 4.22. The zero-order chi connectivity index (χ0) is 8.69. The molecule has 0 rings (SSSR count). The highest BCUT2D eigenvalue weighted by molar-refractivity contribution is 4.62. The van der Waals surface area contributed by atoms with Crippen molar-refractivity contribution in [1.82, 2.24) is 4.90 Å². The van der Waals surface area contributed by atoms with Gasteiger partial charge in [-0.3, -0.25) is 9.29 Å². The maximum absolute atomic E-state index is 11.8. The minimum atomic E-state index is -0.228. The van der Waals surface area contributed by atoms with Gasteiger partial charge in [0.15, 0.2) is 0 Å². The average molecular weight is 162 g/mol. The third-order valence-corrected chi connectivity index (χ3v) is 1.73. The minimum absolute atomic E-state index is 0.228. The van der Waals surface area contributed by atoms with Crippen LogP contribution in [0.2, 0.25) is 0 Å². The van der Waals surface area contributed by atoms with E-state index in [-0.39, 0.29) is 6.67 Å². The van der Waals surface area contributed by atoms with Crippen molar-refractivity contribution in [2.24, 2.45) is 5.73 Å². The van der Waals surface area contributed by atoms with Gasteiger partial charge in [0.1, 0.15) is 0 Å². The Morgan fingerprint density at radius 2 is 2.00 bits per heavy atom. The van der Waals surface area contributed by atoms with Crippen LogP contribution in [0.3, 0.4) is 0 Å². The van der Waals surface area contributed by atoms with E-state index in [1.807, 2.05) is 0 Å². The Kier molecular flexibility index (Phi) is 6.46. The lowest BCUT2D eigenvalue weighted by molar-refractivity contribution is 0.217. The number of alkyl halides is 1. The summed E-state index contributed by atoms with van der Waals surface area (Å²) in [7, 11) is 0. The fraction of sp³-hybridized carbons (Fsp3) is 1.00. The quantitative estimate of drug-likeness (QED) is 0.631. The maximum Gasteiger partial charge on any atom is 0.0906 e. The highest BCUT2D eigenvalue weighted by Crippen LogP contribution is 1.98. The van der Waals surface area contributed by atoms with E-state index in [0.29, 0.717) is 19.0 Å². The van der Waals surface area contributed by atoms with Gasteiger partial charge >= 0.3 is 0 Å². The number of halogens is 1. The van der Waals surface area contributed by atoms with Gasteiger partial charge in [0.2, 0.25) is 0 Å². The normalized spacial score (nSPS) is 11.5. The van der Waals surface area contributed by atoms with Gasteiger partial charge in [-0.2, -0.15) is 0 Å². The molecule has 2 N–H and O–H groups in total. The van der Waals surface area contributed by atoms with E-state index >= 15 is 0 Å². The molecule has 0 fully saturated rings. The summed E-state index contributed by atoms with van der Waals surface area (Å²) in [5, 5.41) is 0. The summed E-state index contributed by atoms with van der Waals surface area (Å²) in [5.74, 6) is 0. The van der Waals surface area contributed by atoms with Crippen LogP contribution in [0.15, 0.2) is 0 Å². The van der Waals surface area contributed by atoms with Crippen molar-refractivity contribution >= 4 is 0 Å². The molecular weight excluding hydrogens is 143 g/mol. The molecule has 0 aromatic rings. The fourth-order valence-electron chi connectivity index (χ4n) is 1.06. The van der Waals surface area contributed by atoms with E-state index in [4.69, 9.17) is 5.73 Å². The van der Waals surface area contributed by atoms with E-state index in [9.17, 15) is 4.39 Å². The Bertz CT molecular complexity index is 86.2. The van der Waals surface area contributed by atoms with Gasteiger partial charge in [0.25, 0.3) is 0 Å². The van der Waals surface area contributed by atoms with Crippen LogP contribution in [-0.2, 0) is 0 Å². The summed E-state index contributed by atoms with van der Waals surface area (Å²) in [6.07, 6.45) is 0.623. The van der Waals surface area contributed by atoms with E-state index in [0.717, 1.165) is 13.1 Å². The molecule has 0 aromatic heterocycles. The molecule has 2 nitrogen and oxygen atoms in total. The third kappa shape index (κ3) is 5.16. The molecule has 11 heavy (non-hydrogen) atoms. The highest BCUT2D eigenvalue weighted by Gasteiger charge is 2.06. The van der Waals surface area contributed by atoms with Crippen molar-refractivity contribution in [3.63, 3.8) is 0 Å². The van der Waals surface area contributed by atoms with Crippen LogP contribution in [0.5, 0.6) is 0 Å². The number of nitrogens with zero attached hydrogens (tertiary/aromatic N) is 1. The largest absolute Gasteiger partial charge is 0.329 e. The van der Waals surface area contributed by atoms with E-state index in [2.05, 4.69) is 18.7 Å². The number of hydrogen-bond acceptors (Lipinski definition) is 2. The molecule has 0 bridgehead atoms. The van der Waals surface area contributed by atoms with Crippen LogP contribution < -0.4 is 5.73 Å². The van der Waals surface area contributed by atoms with Gasteiger partial charge in [-0.05, 0) is 20.3 Å². The molecule has 0 aliphatic rings. The molecule has 3 heteroatoms. The van der Waals surface area contributed by atoms with Gasteiger partial charge in [0, 0.05) is 25.7 Å². The van der Waals surface area contributed by atoms with Crippen molar-refractivity contribution in [3.8, 4) is 0 Å². The van der Waals surface area contributed by atoms with Crippen LogP contribution in [0.1, 0.15) is 20.3 Å². The molecule has 0 aliphatic heterocycles. The Morgan fingerprint density at radius 1 is 1.36 bits per heavy atom. The van der Waals surface area contributed by atoms with Crippen molar-refractivity contribution in [3.05, 3.63) is 0 Å². The summed E-state index contributed by atoms with van der Waals surface area (Å²) in [4.78, 5) is 2.19. The molecule has 0 saturated heterocycles. The van der Waals surface area contributed by atoms with Crippen LogP contribution in [0, 0.1) is 0 Å². The average Bonchev–Trinajstić information content (AvgIpc) is 1.97. The van der Waals surface area contributed by atoms with Gasteiger partial charge in [0.05, 0.1) is 6.67 Å². The van der Waals surface area contributed by atoms with Gasteiger partial charge in [-0.1, -0.05) is 0 Å². The summed E-state index contributed by atoms with van der Waals surface area (Å²) in [6, 6.07) is 0.477. The molecule has 0 atom stereocenters. The van der Waals surface area contributed by atoms with Crippen LogP contribution in [0.4, 0.5) is 4.39 Å². The molecule has 0 unspecified atom stereocenters. The molecule has 0 heterocycles. The zero-order valence-corrected chi connectivity index (χ0v) is 7.52. The maximum atomic E-state index is 11.8. The second-order valence-electron chi connectivity index (χ2n) is 2.96. The number of hydrogen-bond donors (Lipinski definition) is 1. The molecule has 68 valence electrons. The predicted molar refractivity (Wildman–Crippen MR) is 46.4 cm³/mol. The Labute approximate surface area is 68.6 Å². The Hall–Kier alpha value is -0.150. The zero-order valence-electron chi connectivity index (χ0n) is 7.52. The second-order valence-corrected chi connectivity index (χ2v) is 2.96. The van der Waals surface area contributed by atoms with Crippen molar-refractivity contribution in [2.75, 3.05) is 26.3 Å². The SMILES string of the molecule is CC(C)N(CCN)CCCF. The molecule has 0 saturated carbocycles. The first-order chi connectivity index (χ1) is 5.22. The lowest BCUT2D eigenvalue weighted by Crippen LogP contribution is -2.36. The molecular formula is C8H19FN2. The summed E-state index contributed by atoms with van der Waals surface area (Å²) < 4.78 is 11.8. The number of rotatable bonds is 6. The Balaban J connectivity index is 3.51. The summed E-state index contributed by atoms with van der Waals surface area (Å²) in [6.45, 7) is 6.34. The lowest BCUT2D eigenvalue weighted by Gasteiger charge is -2.24. The first kappa shape index (κ1) is 10.8. The second kappa shape index (κ2) is 6.55. The molecule has 0 amide bonds. The monoisotopic (exact) mass is 162 g/mol. The number of nitrogens with two attached hydrogens (primary N) is 1. The van der Waals surface area contributed by atoms with Gasteiger partial charge in [-0.15, -0.1) is 0 Å². The van der Waals surface area contributed by atoms with Crippen LogP contribution in [-0.4, -0.2) is 37.3 Å². The molecule has 0 aliphatic carbocycles. The lowest BCUT2D eigenvalue weighted by atomic mass is 10.3. The first-order valence-corrected chi connectivity index (χ1v) is 4.22. The van der Waals surface area contributed by atoms with Gasteiger partial charge in [-0.25, -0.2) is 0 Å².